The molecule has 1 amide bonds. The normalized spacial score (nSPS) is 38.9. The number of rotatable bonds is 0. The van der Waals surface area contributed by atoms with E-state index in [1.807, 2.05) is 0 Å². The van der Waals surface area contributed by atoms with Crippen LogP contribution in [0.5, 0.6) is 0 Å². The molecular weight excluding hydrogens is 114 g/mol. The van der Waals surface area contributed by atoms with Crippen LogP contribution < -0.4 is 5.32 Å². The van der Waals surface area contributed by atoms with Crippen molar-refractivity contribution < 1.29 is 4.79 Å². The molecule has 1 heterocycles. The fourth-order valence-electron chi connectivity index (χ4n) is 1.46. The van der Waals surface area contributed by atoms with E-state index >= 15 is 0 Å². The van der Waals surface area contributed by atoms with Crippen LogP contribution >= 0.6 is 0 Å². The molecule has 0 saturated carbocycles. The summed E-state index contributed by atoms with van der Waals surface area (Å²) in [5, 5.41) is 2.85. The maximum absolute atomic E-state index is 10.7. The quantitative estimate of drug-likeness (QED) is 0.368. The van der Waals surface area contributed by atoms with Gasteiger partial charge in [-0.2, -0.15) is 0 Å². The van der Waals surface area contributed by atoms with E-state index in [4.69, 9.17) is 0 Å². The van der Waals surface area contributed by atoms with Gasteiger partial charge >= 0.3 is 0 Å². The molecule has 1 saturated heterocycles. The van der Waals surface area contributed by atoms with Crippen LogP contribution in [-0.2, 0) is 4.79 Å². The summed E-state index contributed by atoms with van der Waals surface area (Å²) in [5.41, 5.74) is 0. The second-order valence-corrected chi connectivity index (χ2v) is 2.66. The number of hydrogen-bond donors (Lipinski definition) is 1. The van der Waals surface area contributed by atoms with Crippen molar-refractivity contribution in [1.29, 1.82) is 0 Å². The molecule has 2 atom stereocenters. The lowest BCUT2D eigenvalue weighted by atomic mass is 9.82. The Morgan fingerprint density at radius 2 is 2.22 bits per heavy atom. The summed E-state index contributed by atoms with van der Waals surface area (Å²) in [6.45, 7) is 0. The fraction of sp³-hybridized carbons (Fsp3) is 0.571. The smallest absolute Gasteiger partial charge is 0.225 e. The molecule has 2 nitrogen and oxygen atoms in total. The monoisotopic (exact) mass is 123 g/mol. The van der Waals surface area contributed by atoms with Crippen molar-refractivity contribution in [3.63, 3.8) is 0 Å². The van der Waals surface area contributed by atoms with E-state index in [-0.39, 0.29) is 5.91 Å². The summed E-state index contributed by atoms with van der Waals surface area (Å²) in [6, 6.07) is 0.475. The fourth-order valence-corrected chi connectivity index (χ4v) is 1.46. The van der Waals surface area contributed by atoms with Gasteiger partial charge < -0.3 is 5.32 Å². The minimum atomic E-state index is 0.240. The number of fused-ring (bicyclic) bond motifs is 1. The van der Waals surface area contributed by atoms with Crippen molar-refractivity contribution in [2.45, 2.75) is 18.9 Å². The Kier molecular flexibility index (Phi) is 0.891. The summed E-state index contributed by atoms with van der Waals surface area (Å²) in [4.78, 5) is 10.7. The van der Waals surface area contributed by atoms with Gasteiger partial charge in [-0.1, -0.05) is 12.2 Å². The summed E-state index contributed by atoms with van der Waals surface area (Å²) in [6.07, 6.45) is 6.23. The second kappa shape index (κ2) is 1.59. The van der Waals surface area contributed by atoms with E-state index in [0.29, 0.717) is 12.0 Å². The molecule has 0 radical (unpaired) electrons. The van der Waals surface area contributed by atoms with Crippen LogP contribution in [-0.4, -0.2) is 11.9 Å². The Balaban J connectivity index is 2.12. The highest BCUT2D eigenvalue weighted by molar-refractivity contribution is 5.86. The number of β-lactam (4-membered cyclic amide) rings is 1. The van der Waals surface area contributed by atoms with Crippen molar-refractivity contribution in [3.05, 3.63) is 12.2 Å². The minimum absolute atomic E-state index is 0.240. The highest BCUT2D eigenvalue weighted by atomic mass is 16.2. The molecule has 48 valence electrons. The Morgan fingerprint density at radius 3 is 2.78 bits per heavy atom. The summed E-state index contributed by atoms with van der Waals surface area (Å²) >= 11 is 0. The topological polar surface area (TPSA) is 29.1 Å². The number of carbonyl (C=O) groups is 1. The highest BCUT2D eigenvalue weighted by Gasteiger charge is 2.38. The second-order valence-electron chi connectivity index (χ2n) is 2.66. The Labute approximate surface area is 53.9 Å². The lowest BCUT2D eigenvalue weighted by molar-refractivity contribution is -0.134. The molecule has 1 aliphatic carbocycles. The molecule has 0 aromatic heterocycles. The van der Waals surface area contributed by atoms with Gasteiger partial charge in [0.2, 0.25) is 5.91 Å². The van der Waals surface area contributed by atoms with Gasteiger partial charge in [-0.25, -0.2) is 0 Å². The molecular formula is C7H9NO. The van der Waals surface area contributed by atoms with Gasteiger partial charge in [0.1, 0.15) is 0 Å². The van der Waals surface area contributed by atoms with Crippen molar-refractivity contribution in [2.24, 2.45) is 5.92 Å². The van der Waals surface area contributed by atoms with Crippen LogP contribution in [0.15, 0.2) is 12.2 Å². The van der Waals surface area contributed by atoms with Gasteiger partial charge in [0.15, 0.2) is 0 Å². The number of amides is 1. The van der Waals surface area contributed by atoms with Crippen LogP contribution in [0.2, 0.25) is 0 Å². The zero-order chi connectivity index (χ0) is 6.27. The molecule has 1 fully saturated rings. The number of carbonyl (C=O) groups excluding carboxylic acids is 1. The molecule has 9 heavy (non-hydrogen) atoms. The summed E-state index contributed by atoms with van der Waals surface area (Å²) in [5.74, 6) is 0.555. The lowest BCUT2D eigenvalue weighted by Crippen LogP contribution is -2.58. The molecule has 0 bridgehead atoms. The molecule has 0 aromatic rings. The Morgan fingerprint density at radius 1 is 1.44 bits per heavy atom. The largest absolute Gasteiger partial charge is 0.352 e. The van der Waals surface area contributed by atoms with Crippen LogP contribution in [0.25, 0.3) is 0 Å². The average Bonchev–Trinajstić information content (AvgIpc) is 1.86. The molecule has 2 rings (SSSR count). The number of allylic oxidation sites excluding steroid dienone is 1. The van der Waals surface area contributed by atoms with Crippen LogP contribution in [0.3, 0.4) is 0 Å². The molecule has 2 heteroatoms. The molecule has 2 aliphatic rings. The third-order valence-corrected chi connectivity index (χ3v) is 2.10. The Bertz CT molecular complexity index is 174. The minimum Gasteiger partial charge on any atom is -0.352 e. The zero-order valence-electron chi connectivity index (χ0n) is 5.13. The van der Waals surface area contributed by atoms with E-state index < -0.39 is 0 Å². The first-order valence-corrected chi connectivity index (χ1v) is 3.33. The van der Waals surface area contributed by atoms with Gasteiger partial charge in [0.25, 0.3) is 0 Å². The van der Waals surface area contributed by atoms with Gasteiger partial charge in [-0.15, -0.1) is 0 Å². The van der Waals surface area contributed by atoms with E-state index in [1.54, 1.807) is 0 Å². The van der Waals surface area contributed by atoms with E-state index in [9.17, 15) is 4.79 Å². The first-order chi connectivity index (χ1) is 4.38. The summed E-state index contributed by atoms with van der Waals surface area (Å²) < 4.78 is 0. The first kappa shape index (κ1) is 5.03. The van der Waals surface area contributed by atoms with E-state index in [1.165, 1.54) is 0 Å². The van der Waals surface area contributed by atoms with Crippen molar-refractivity contribution in [2.75, 3.05) is 0 Å². The molecule has 1 aliphatic heterocycles. The van der Waals surface area contributed by atoms with E-state index in [2.05, 4.69) is 17.5 Å². The average molecular weight is 123 g/mol. The van der Waals surface area contributed by atoms with Gasteiger partial charge in [-0.05, 0) is 12.8 Å². The predicted octanol–water partition coefficient (Wildman–Crippen LogP) is 0.451. The van der Waals surface area contributed by atoms with Crippen LogP contribution in [0.4, 0.5) is 0 Å². The van der Waals surface area contributed by atoms with Crippen molar-refractivity contribution in [3.8, 4) is 0 Å². The number of hydrogen-bond acceptors (Lipinski definition) is 1. The lowest BCUT2D eigenvalue weighted by Gasteiger charge is -2.37. The maximum atomic E-state index is 10.7. The van der Waals surface area contributed by atoms with Crippen molar-refractivity contribution in [1.82, 2.24) is 5.32 Å². The third-order valence-electron chi connectivity index (χ3n) is 2.10. The third kappa shape index (κ3) is 0.590. The molecule has 1 N–H and O–H groups in total. The zero-order valence-corrected chi connectivity index (χ0v) is 5.13. The first-order valence-electron chi connectivity index (χ1n) is 3.33. The van der Waals surface area contributed by atoms with Crippen LogP contribution in [0.1, 0.15) is 12.8 Å². The van der Waals surface area contributed by atoms with Gasteiger partial charge in [0.05, 0.1) is 5.92 Å². The van der Waals surface area contributed by atoms with E-state index in [0.717, 1.165) is 12.8 Å². The molecule has 0 spiro atoms. The van der Waals surface area contributed by atoms with Crippen molar-refractivity contribution >= 4 is 5.91 Å². The summed E-state index contributed by atoms with van der Waals surface area (Å²) in [7, 11) is 0. The maximum Gasteiger partial charge on any atom is 0.225 e. The van der Waals surface area contributed by atoms with Gasteiger partial charge in [0, 0.05) is 6.04 Å². The molecule has 0 unspecified atom stereocenters. The number of nitrogens with one attached hydrogen (secondary N) is 1. The Hall–Kier alpha value is -0.790. The standard InChI is InChI=1S/C7H9NO/c9-7-5-3-1-2-4-6(5)8-7/h1-2,5-6H,3-4H2,(H,8,9)/t5-,6+/m0/s1. The molecule has 0 aromatic carbocycles. The SMILES string of the molecule is O=C1N[C@@H]2CC=CC[C@H]12. The predicted molar refractivity (Wildman–Crippen MR) is 33.8 cm³/mol. The van der Waals surface area contributed by atoms with Gasteiger partial charge in [-0.3, -0.25) is 4.79 Å². The van der Waals surface area contributed by atoms with Crippen LogP contribution in [0, 0.1) is 5.92 Å². The highest BCUT2D eigenvalue weighted by Crippen LogP contribution is 2.25.